The van der Waals surface area contributed by atoms with Gasteiger partial charge >= 0.3 is 5.97 Å². The third kappa shape index (κ3) is 5.74. The molecule has 1 aliphatic heterocycles. The molecule has 2 rings (SSSR count). The predicted molar refractivity (Wildman–Crippen MR) is 93.9 cm³/mol. The Morgan fingerprint density at radius 2 is 2.04 bits per heavy atom. The summed E-state index contributed by atoms with van der Waals surface area (Å²) in [6.45, 7) is 2.48. The summed E-state index contributed by atoms with van der Waals surface area (Å²) < 4.78 is 12.8. The summed E-state index contributed by atoms with van der Waals surface area (Å²) in [7, 11) is 0. The molecule has 0 radical (unpaired) electrons. The van der Waals surface area contributed by atoms with Crippen LogP contribution in [-0.2, 0) is 14.4 Å². The molecule has 6 nitrogen and oxygen atoms in total. The van der Waals surface area contributed by atoms with Gasteiger partial charge in [-0.1, -0.05) is 0 Å². The van der Waals surface area contributed by atoms with Crippen molar-refractivity contribution in [2.24, 2.45) is 5.92 Å². The van der Waals surface area contributed by atoms with E-state index < -0.39 is 17.1 Å². The standard InChI is InChI=1S/C17H21FN2O4S/c1-11(16(22)20-8-2-3-12(9-20)17(23)24)25-10-15(21)19-14-6-4-13(18)5-7-14/h4-7,11-12H,2-3,8-10H2,1H3,(H,19,21)(H,23,24)/t11?,12-/m0/s1. The van der Waals surface area contributed by atoms with Crippen molar-refractivity contribution in [3.8, 4) is 0 Å². The third-order valence-electron chi connectivity index (χ3n) is 4.02. The Balaban J connectivity index is 1.79. The number of carboxylic acids is 1. The molecule has 0 spiro atoms. The first-order valence-corrected chi connectivity index (χ1v) is 9.10. The molecule has 1 unspecified atom stereocenters. The fourth-order valence-corrected chi connectivity index (χ4v) is 3.40. The molecule has 136 valence electrons. The third-order valence-corrected chi connectivity index (χ3v) is 5.15. The summed E-state index contributed by atoms with van der Waals surface area (Å²) in [4.78, 5) is 37.0. The number of carbonyl (C=O) groups is 3. The maximum Gasteiger partial charge on any atom is 0.308 e. The topological polar surface area (TPSA) is 86.7 Å². The van der Waals surface area contributed by atoms with Crippen molar-refractivity contribution in [2.45, 2.75) is 25.0 Å². The molecule has 0 bridgehead atoms. The van der Waals surface area contributed by atoms with Crippen molar-refractivity contribution < 1.29 is 23.9 Å². The van der Waals surface area contributed by atoms with Crippen molar-refractivity contribution in [1.29, 1.82) is 0 Å². The maximum absolute atomic E-state index is 12.8. The van der Waals surface area contributed by atoms with Crippen LogP contribution in [0.2, 0.25) is 0 Å². The van der Waals surface area contributed by atoms with Gasteiger partial charge in [0.15, 0.2) is 0 Å². The monoisotopic (exact) mass is 368 g/mol. The van der Waals surface area contributed by atoms with Crippen LogP contribution in [0.4, 0.5) is 10.1 Å². The van der Waals surface area contributed by atoms with Gasteiger partial charge in [-0.2, -0.15) is 0 Å². The van der Waals surface area contributed by atoms with Gasteiger partial charge in [-0.15, -0.1) is 11.8 Å². The molecule has 1 saturated heterocycles. The molecule has 1 aliphatic rings. The molecule has 1 heterocycles. The molecule has 8 heteroatoms. The zero-order valence-electron chi connectivity index (χ0n) is 13.9. The van der Waals surface area contributed by atoms with E-state index in [9.17, 15) is 18.8 Å². The number of carboxylic acid groups (broad SMARTS) is 1. The molecule has 2 amide bonds. The number of thioether (sulfide) groups is 1. The number of benzene rings is 1. The molecule has 25 heavy (non-hydrogen) atoms. The summed E-state index contributed by atoms with van der Waals surface area (Å²) in [6.07, 6.45) is 1.26. The van der Waals surface area contributed by atoms with E-state index in [2.05, 4.69) is 5.32 Å². The summed E-state index contributed by atoms with van der Waals surface area (Å²) in [5.74, 6) is -2.12. The molecule has 1 fully saturated rings. The molecular formula is C17H21FN2O4S. The Bertz CT molecular complexity index is 638. The highest BCUT2D eigenvalue weighted by Gasteiger charge is 2.30. The van der Waals surface area contributed by atoms with Crippen LogP contribution >= 0.6 is 11.8 Å². The number of anilines is 1. The van der Waals surface area contributed by atoms with Gasteiger partial charge in [-0.25, -0.2) is 4.39 Å². The lowest BCUT2D eigenvalue weighted by molar-refractivity contribution is -0.145. The van der Waals surface area contributed by atoms with Gasteiger partial charge in [0.2, 0.25) is 11.8 Å². The number of nitrogens with zero attached hydrogens (tertiary/aromatic N) is 1. The normalized spacial score (nSPS) is 18.5. The van der Waals surface area contributed by atoms with Crippen LogP contribution in [0, 0.1) is 11.7 Å². The van der Waals surface area contributed by atoms with Gasteiger partial charge in [0.25, 0.3) is 0 Å². The van der Waals surface area contributed by atoms with E-state index in [1.54, 1.807) is 11.8 Å². The van der Waals surface area contributed by atoms with Gasteiger partial charge in [-0.3, -0.25) is 14.4 Å². The SMILES string of the molecule is CC(SCC(=O)Nc1ccc(F)cc1)C(=O)N1CCC[C@H](C(=O)O)C1. The summed E-state index contributed by atoms with van der Waals surface area (Å²) in [5.41, 5.74) is 0.492. The van der Waals surface area contributed by atoms with Crippen molar-refractivity contribution in [3.63, 3.8) is 0 Å². The van der Waals surface area contributed by atoms with Gasteiger partial charge in [0.05, 0.1) is 16.9 Å². The van der Waals surface area contributed by atoms with Gasteiger partial charge < -0.3 is 15.3 Å². The Hall–Kier alpha value is -2.09. The van der Waals surface area contributed by atoms with E-state index in [-0.39, 0.29) is 29.9 Å². The Morgan fingerprint density at radius 1 is 1.36 bits per heavy atom. The minimum Gasteiger partial charge on any atom is -0.481 e. The van der Waals surface area contributed by atoms with E-state index in [0.717, 1.165) is 0 Å². The fraction of sp³-hybridized carbons (Fsp3) is 0.471. The lowest BCUT2D eigenvalue weighted by atomic mass is 9.98. The average Bonchev–Trinajstić information content (AvgIpc) is 2.61. The number of likely N-dealkylation sites (tertiary alicyclic amines) is 1. The highest BCUT2D eigenvalue weighted by molar-refractivity contribution is 8.01. The van der Waals surface area contributed by atoms with E-state index >= 15 is 0 Å². The molecule has 0 aromatic heterocycles. The molecule has 2 N–H and O–H groups in total. The van der Waals surface area contributed by atoms with Crippen LogP contribution in [0.25, 0.3) is 0 Å². The van der Waals surface area contributed by atoms with Crippen molar-refractivity contribution >= 4 is 35.2 Å². The molecule has 0 aliphatic carbocycles. The molecule has 0 saturated carbocycles. The number of amides is 2. The van der Waals surface area contributed by atoms with Crippen LogP contribution in [0.1, 0.15) is 19.8 Å². The number of halogens is 1. The van der Waals surface area contributed by atoms with Gasteiger partial charge in [0, 0.05) is 18.8 Å². The van der Waals surface area contributed by atoms with E-state index in [1.807, 2.05) is 0 Å². The van der Waals surface area contributed by atoms with E-state index in [0.29, 0.717) is 25.1 Å². The Labute approximate surface area is 149 Å². The molecule has 1 aromatic rings. The molecule has 2 atom stereocenters. The predicted octanol–water partition coefficient (Wildman–Crippen LogP) is 2.21. The van der Waals surface area contributed by atoms with E-state index in [4.69, 9.17) is 5.11 Å². The lowest BCUT2D eigenvalue weighted by Gasteiger charge is -2.32. The first kappa shape index (κ1) is 19.2. The second kappa shape index (κ2) is 8.84. The van der Waals surface area contributed by atoms with E-state index in [1.165, 1.54) is 36.0 Å². The maximum atomic E-state index is 12.8. The Kier molecular flexibility index (Phi) is 6.81. The lowest BCUT2D eigenvalue weighted by Crippen LogP contribution is -2.45. The minimum absolute atomic E-state index is 0.0838. The number of hydrogen-bond donors (Lipinski definition) is 2. The zero-order chi connectivity index (χ0) is 18.4. The number of carbonyl (C=O) groups excluding carboxylic acids is 2. The quantitative estimate of drug-likeness (QED) is 0.804. The van der Waals surface area contributed by atoms with Crippen LogP contribution in [0.5, 0.6) is 0 Å². The zero-order valence-corrected chi connectivity index (χ0v) is 14.7. The van der Waals surface area contributed by atoms with Crippen molar-refractivity contribution in [1.82, 2.24) is 4.90 Å². The number of piperidine rings is 1. The number of rotatable bonds is 6. The fourth-order valence-electron chi connectivity index (χ4n) is 2.64. The summed E-state index contributed by atoms with van der Waals surface area (Å²) in [5, 5.41) is 11.3. The first-order chi connectivity index (χ1) is 11.9. The second-order valence-corrected chi connectivity index (χ2v) is 7.30. The summed E-state index contributed by atoms with van der Waals surface area (Å²) in [6, 6.07) is 5.44. The average molecular weight is 368 g/mol. The van der Waals surface area contributed by atoms with Gasteiger partial charge in [0.1, 0.15) is 5.82 Å². The first-order valence-electron chi connectivity index (χ1n) is 8.05. The highest BCUT2D eigenvalue weighted by Crippen LogP contribution is 2.21. The molecular weight excluding hydrogens is 347 g/mol. The van der Waals surface area contributed by atoms with Crippen molar-refractivity contribution in [2.75, 3.05) is 24.2 Å². The molecule has 1 aromatic carbocycles. The number of hydrogen-bond acceptors (Lipinski definition) is 4. The van der Waals surface area contributed by atoms with Crippen LogP contribution in [-0.4, -0.2) is 51.9 Å². The van der Waals surface area contributed by atoms with Crippen LogP contribution in [0.3, 0.4) is 0 Å². The number of nitrogens with one attached hydrogen (secondary N) is 1. The van der Waals surface area contributed by atoms with Gasteiger partial charge in [-0.05, 0) is 44.0 Å². The minimum atomic E-state index is -0.878. The smallest absolute Gasteiger partial charge is 0.308 e. The van der Waals surface area contributed by atoms with Crippen LogP contribution in [0.15, 0.2) is 24.3 Å². The highest BCUT2D eigenvalue weighted by atomic mass is 32.2. The number of aliphatic carboxylic acids is 1. The van der Waals surface area contributed by atoms with Crippen molar-refractivity contribution in [3.05, 3.63) is 30.1 Å². The second-order valence-electron chi connectivity index (χ2n) is 5.97. The van der Waals surface area contributed by atoms with Crippen LogP contribution < -0.4 is 5.32 Å². The Morgan fingerprint density at radius 3 is 2.68 bits per heavy atom. The summed E-state index contributed by atoms with van der Waals surface area (Å²) >= 11 is 1.19. The largest absolute Gasteiger partial charge is 0.481 e.